The Morgan fingerprint density at radius 3 is 1.90 bits per heavy atom. The van der Waals surface area contributed by atoms with Crippen LogP contribution in [-0.4, -0.2) is 56.6 Å². The summed E-state index contributed by atoms with van der Waals surface area (Å²) in [5, 5.41) is 15.2. The molecule has 2 aromatic rings. The van der Waals surface area contributed by atoms with E-state index in [1.807, 2.05) is 25.1 Å². The number of aliphatic hydroxyl groups is 2. The lowest BCUT2D eigenvalue weighted by atomic mass is 10.1. The van der Waals surface area contributed by atoms with Crippen LogP contribution in [0.1, 0.15) is 29.8 Å². The SMILES string of the molecule is COc1ccc(Br)c(C(C)=O)c1.COc1ccc(Br)c(C2(C)OCCO2)c1.OCCO. The molecule has 3 rings (SSSR count). The number of methoxy groups -OCH3 is 2. The number of ketones is 1. The Morgan fingerprint density at radius 2 is 1.45 bits per heavy atom. The number of benzene rings is 2. The van der Waals surface area contributed by atoms with E-state index in [0.29, 0.717) is 24.5 Å². The maximum absolute atomic E-state index is 11.0. The largest absolute Gasteiger partial charge is 0.497 e. The first-order valence-corrected chi connectivity index (χ1v) is 11.0. The molecule has 0 spiro atoms. The molecule has 172 valence electrons. The maximum Gasteiger partial charge on any atom is 0.193 e. The number of rotatable bonds is 5. The minimum Gasteiger partial charge on any atom is -0.497 e. The Labute approximate surface area is 199 Å². The molecule has 0 unspecified atom stereocenters. The zero-order valence-corrected chi connectivity index (χ0v) is 21.2. The van der Waals surface area contributed by atoms with Crippen molar-refractivity contribution in [2.24, 2.45) is 0 Å². The standard InChI is InChI=1S/C11H13BrO3.C9H9BrO2.C2H6O2/c1-11(14-5-6-15-11)9-7-8(13-2)3-4-10(9)12;1-6(11)8-5-7(12-2)3-4-9(8)10;3-1-2-4/h3-4,7H,5-6H2,1-2H3;3-5H,1-2H3;3-4H,1-2H2. The van der Waals surface area contributed by atoms with E-state index in [2.05, 4.69) is 31.9 Å². The summed E-state index contributed by atoms with van der Waals surface area (Å²) >= 11 is 6.77. The highest BCUT2D eigenvalue weighted by Crippen LogP contribution is 2.37. The van der Waals surface area contributed by atoms with Crippen molar-refractivity contribution in [3.63, 3.8) is 0 Å². The third kappa shape index (κ3) is 8.51. The van der Waals surface area contributed by atoms with Crippen LogP contribution in [0.2, 0.25) is 0 Å². The van der Waals surface area contributed by atoms with Crippen LogP contribution in [0.15, 0.2) is 45.3 Å². The quantitative estimate of drug-likeness (QED) is 0.523. The van der Waals surface area contributed by atoms with Gasteiger partial charge >= 0.3 is 0 Å². The fraction of sp³-hybridized carbons (Fsp3) is 0.409. The summed E-state index contributed by atoms with van der Waals surface area (Å²) < 4.78 is 23.1. The van der Waals surface area contributed by atoms with Crippen molar-refractivity contribution in [3.05, 3.63) is 56.5 Å². The van der Waals surface area contributed by atoms with E-state index >= 15 is 0 Å². The van der Waals surface area contributed by atoms with E-state index < -0.39 is 5.79 Å². The van der Waals surface area contributed by atoms with E-state index in [-0.39, 0.29) is 19.0 Å². The van der Waals surface area contributed by atoms with Gasteiger partial charge in [0.1, 0.15) is 11.5 Å². The van der Waals surface area contributed by atoms with Crippen molar-refractivity contribution >= 4 is 37.6 Å². The Balaban J connectivity index is 0.000000270. The molecular weight excluding hydrogens is 536 g/mol. The molecule has 1 aliphatic rings. The average molecular weight is 564 g/mol. The Morgan fingerprint density at radius 1 is 0.968 bits per heavy atom. The van der Waals surface area contributed by atoms with Crippen molar-refractivity contribution in [2.75, 3.05) is 40.6 Å². The molecular formula is C22H28Br2O7. The first kappa shape index (κ1) is 27.5. The van der Waals surface area contributed by atoms with E-state index in [4.69, 9.17) is 29.2 Å². The lowest BCUT2D eigenvalue weighted by molar-refractivity contribution is -0.150. The summed E-state index contributed by atoms with van der Waals surface area (Å²) in [4.78, 5) is 11.0. The molecule has 0 amide bonds. The molecule has 1 fully saturated rings. The molecule has 0 saturated carbocycles. The first-order chi connectivity index (χ1) is 14.7. The summed E-state index contributed by atoms with van der Waals surface area (Å²) in [6, 6.07) is 11.1. The van der Waals surface area contributed by atoms with Crippen molar-refractivity contribution in [2.45, 2.75) is 19.6 Å². The molecule has 7 nitrogen and oxygen atoms in total. The van der Waals surface area contributed by atoms with Gasteiger partial charge in [-0.3, -0.25) is 4.79 Å². The third-order valence-corrected chi connectivity index (χ3v) is 5.54. The molecule has 2 N–H and O–H groups in total. The van der Waals surface area contributed by atoms with Crippen LogP contribution in [0.4, 0.5) is 0 Å². The van der Waals surface area contributed by atoms with Crippen LogP contribution in [0.25, 0.3) is 0 Å². The number of aliphatic hydroxyl groups excluding tert-OH is 2. The highest BCUT2D eigenvalue weighted by atomic mass is 79.9. The molecule has 0 radical (unpaired) electrons. The van der Waals surface area contributed by atoms with Gasteiger partial charge in [-0.25, -0.2) is 0 Å². The zero-order valence-electron chi connectivity index (χ0n) is 18.0. The minimum absolute atomic E-state index is 0.0285. The number of carbonyl (C=O) groups excluding carboxylic acids is 1. The van der Waals surface area contributed by atoms with Crippen LogP contribution in [0, 0.1) is 0 Å². The Kier molecular flexibility index (Phi) is 12.3. The fourth-order valence-corrected chi connectivity index (χ4v) is 3.68. The number of hydrogen-bond acceptors (Lipinski definition) is 7. The summed E-state index contributed by atoms with van der Waals surface area (Å²) in [5.41, 5.74) is 1.61. The molecule has 0 atom stereocenters. The molecule has 9 heteroatoms. The van der Waals surface area contributed by atoms with E-state index in [0.717, 1.165) is 20.3 Å². The Bertz CT molecular complexity index is 835. The normalized spacial score (nSPS) is 13.9. The van der Waals surface area contributed by atoms with Crippen LogP contribution >= 0.6 is 31.9 Å². The van der Waals surface area contributed by atoms with Crippen LogP contribution in [0.5, 0.6) is 11.5 Å². The molecule has 1 aliphatic heterocycles. The van der Waals surface area contributed by atoms with Crippen molar-refractivity contribution in [1.82, 2.24) is 0 Å². The Hall–Kier alpha value is -1.49. The van der Waals surface area contributed by atoms with Crippen molar-refractivity contribution < 1.29 is 34.0 Å². The summed E-state index contributed by atoms with van der Waals surface area (Å²) in [5.74, 6) is 0.866. The van der Waals surface area contributed by atoms with Gasteiger partial charge < -0.3 is 29.2 Å². The number of halogens is 2. The smallest absolute Gasteiger partial charge is 0.193 e. The number of ether oxygens (including phenoxy) is 4. The predicted molar refractivity (Wildman–Crippen MR) is 125 cm³/mol. The van der Waals surface area contributed by atoms with Gasteiger partial charge in [-0.05, 0) is 50.2 Å². The lowest BCUT2D eigenvalue weighted by Gasteiger charge is -2.24. The summed E-state index contributed by atoms with van der Waals surface area (Å²) in [6.45, 7) is 4.44. The van der Waals surface area contributed by atoms with Gasteiger partial charge in [0.15, 0.2) is 11.6 Å². The van der Waals surface area contributed by atoms with E-state index in [9.17, 15) is 4.79 Å². The van der Waals surface area contributed by atoms with E-state index in [1.165, 1.54) is 6.92 Å². The van der Waals surface area contributed by atoms with Gasteiger partial charge in [0.2, 0.25) is 0 Å². The molecule has 0 aliphatic carbocycles. The number of Topliss-reactive ketones (excluding diaryl/α,β-unsaturated/α-hetero) is 1. The second-order valence-electron chi connectivity index (χ2n) is 6.34. The van der Waals surface area contributed by atoms with Crippen molar-refractivity contribution in [1.29, 1.82) is 0 Å². The zero-order chi connectivity index (χ0) is 23.4. The van der Waals surface area contributed by atoms with Gasteiger partial charge in [-0.2, -0.15) is 0 Å². The first-order valence-electron chi connectivity index (χ1n) is 9.40. The molecule has 1 heterocycles. The van der Waals surface area contributed by atoms with Gasteiger partial charge in [0.25, 0.3) is 0 Å². The topological polar surface area (TPSA) is 94.5 Å². The molecule has 0 bridgehead atoms. The fourth-order valence-electron chi connectivity index (χ4n) is 2.55. The molecule has 31 heavy (non-hydrogen) atoms. The average Bonchev–Trinajstić information content (AvgIpc) is 3.22. The second kappa shape index (κ2) is 13.8. The highest BCUT2D eigenvalue weighted by Gasteiger charge is 2.35. The minimum atomic E-state index is -0.659. The summed E-state index contributed by atoms with van der Waals surface area (Å²) in [7, 11) is 3.22. The summed E-state index contributed by atoms with van der Waals surface area (Å²) in [6.07, 6.45) is 0. The van der Waals surface area contributed by atoms with Crippen LogP contribution in [0.3, 0.4) is 0 Å². The van der Waals surface area contributed by atoms with Gasteiger partial charge in [-0.15, -0.1) is 0 Å². The van der Waals surface area contributed by atoms with E-state index in [1.54, 1.807) is 32.4 Å². The highest BCUT2D eigenvalue weighted by molar-refractivity contribution is 9.10. The van der Waals surface area contributed by atoms with Crippen LogP contribution < -0.4 is 9.47 Å². The molecule has 2 aromatic carbocycles. The number of carbonyl (C=O) groups is 1. The maximum atomic E-state index is 11.0. The molecule has 0 aromatic heterocycles. The van der Waals surface area contributed by atoms with Crippen molar-refractivity contribution in [3.8, 4) is 11.5 Å². The lowest BCUT2D eigenvalue weighted by Crippen LogP contribution is -2.22. The van der Waals surface area contributed by atoms with Gasteiger partial charge in [0.05, 0.1) is 40.6 Å². The number of hydrogen-bond donors (Lipinski definition) is 2. The molecule has 1 saturated heterocycles. The third-order valence-electron chi connectivity index (χ3n) is 4.15. The monoisotopic (exact) mass is 562 g/mol. The second-order valence-corrected chi connectivity index (χ2v) is 8.05. The van der Waals surface area contributed by atoms with Gasteiger partial charge in [0, 0.05) is 20.1 Å². The van der Waals surface area contributed by atoms with Crippen LogP contribution in [-0.2, 0) is 15.3 Å². The van der Waals surface area contributed by atoms with Gasteiger partial charge in [-0.1, -0.05) is 31.9 Å². The predicted octanol–water partition coefficient (Wildman–Crippen LogP) is 4.31.